The summed E-state index contributed by atoms with van der Waals surface area (Å²) in [4.78, 5) is 14.6. The van der Waals surface area contributed by atoms with Crippen molar-refractivity contribution in [2.45, 2.75) is 64.8 Å². The normalized spacial score (nSPS) is 36.9. The van der Waals surface area contributed by atoms with Gasteiger partial charge >= 0.3 is 0 Å². The van der Waals surface area contributed by atoms with E-state index in [4.69, 9.17) is 5.73 Å². The molecule has 104 valence electrons. The summed E-state index contributed by atoms with van der Waals surface area (Å²) >= 11 is 0. The standard InChI is InChI=1S/C15H28N2O/c1-3-7-15(2)8-4-9-17(11-15)14(18)12-5-6-13(16)10-12/h12-13H,3-11,16H2,1-2H3. The molecule has 1 amide bonds. The Labute approximate surface area is 111 Å². The van der Waals surface area contributed by atoms with Crippen LogP contribution >= 0.6 is 0 Å². The topological polar surface area (TPSA) is 46.3 Å². The molecule has 1 aliphatic heterocycles. The van der Waals surface area contributed by atoms with E-state index in [-0.39, 0.29) is 12.0 Å². The third kappa shape index (κ3) is 3.05. The molecule has 0 aromatic carbocycles. The molecule has 1 aliphatic carbocycles. The molecule has 0 aromatic rings. The molecule has 0 radical (unpaired) electrons. The summed E-state index contributed by atoms with van der Waals surface area (Å²) in [5, 5.41) is 0. The SMILES string of the molecule is CCCC1(C)CCCN(C(=O)C2CCC(N)C2)C1. The highest BCUT2D eigenvalue weighted by Crippen LogP contribution is 2.35. The Balaban J connectivity index is 1.94. The number of carbonyl (C=O) groups excluding carboxylic acids is 1. The molecule has 1 saturated carbocycles. The summed E-state index contributed by atoms with van der Waals surface area (Å²) in [7, 11) is 0. The number of likely N-dealkylation sites (tertiary alicyclic amines) is 1. The number of nitrogens with two attached hydrogens (primary N) is 1. The van der Waals surface area contributed by atoms with Crippen LogP contribution in [0.1, 0.15) is 58.8 Å². The van der Waals surface area contributed by atoms with Gasteiger partial charge in [-0.25, -0.2) is 0 Å². The second-order valence-corrected chi connectivity index (χ2v) is 6.69. The van der Waals surface area contributed by atoms with E-state index in [9.17, 15) is 4.79 Å². The molecule has 3 unspecified atom stereocenters. The van der Waals surface area contributed by atoms with Crippen LogP contribution in [0.5, 0.6) is 0 Å². The Bertz CT molecular complexity index is 301. The van der Waals surface area contributed by atoms with Crippen LogP contribution in [0.3, 0.4) is 0 Å². The Morgan fingerprint density at radius 3 is 2.83 bits per heavy atom. The molecule has 2 fully saturated rings. The lowest BCUT2D eigenvalue weighted by molar-refractivity contribution is -0.138. The van der Waals surface area contributed by atoms with Crippen molar-refractivity contribution in [2.24, 2.45) is 17.1 Å². The van der Waals surface area contributed by atoms with Gasteiger partial charge in [-0.15, -0.1) is 0 Å². The van der Waals surface area contributed by atoms with Crippen LogP contribution in [0.15, 0.2) is 0 Å². The van der Waals surface area contributed by atoms with Crippen molar-refractivity contribution < 1.29 is 4.79 Å². The van der Waals surface area contributed by atoms with E-state index in [0.29, 0.717) is 11.3 Å². The molecule has 2 N–H and O–H groups in total. The van der Waals surface area contributed by atoms with Gasteiger partial charge in [-0.1, -0.05) is 20.3 Å². The van der Waals surface area contributed by atoms with Gasteiger partial charge in [0.2, 0.25) is 5.91 Å². The number of hydrogen-bond donors (Lipinski definition) is 1. The zero-order valence-electron chi connectivity index (χ0n) is 12.0. The molecule has 3 heteroatoms. The number of amides is 1. The van der Waals surface area contributed by atoms with Crippen molar-refractivity contribution in [3.8, 4) is 0 Å². The first-order valence-corrected chi connectivity index (χ1v) is 7.58. The second-order valence-electron chi connectivity index (χ2n) is 6.69. The summed E-state index contributed by atoms with van der Waals surface area (Å²) in [5.74, 6) is 0.592. The van der Waals surface area contributed by atoms with Crippen LogP contribution in [0.4, 0.5) is 0 Å². The lowest BCUT2D eigenvalue weighted by Crippen LogP contribution is -2.46. The van der Waals surface area contributed by atoms with E-state index in [0.717, 1.165) is 32.4 Å². The minimum atomic E-state index is 0.212. The molecule has 2 rings (SSSR count). The molecule has 1 saturated heterocycles. The average molecular weight is 252 g/mol. The number of carbonyl (C=O) groups is 1. The van der Waals surface area contributed by atoms with E-state index in [1.54, 1.807) is 0 Å². The van der Waals surface area contributed by atoms with E-state index < -0.39 is 0 Å². The summed E-state index contributed by atoms with van der Waals surface area (Å²) < 4.78 is 0. The summed E-state index contributed by atoms with van der Waals surface area (Å²) in [6, 6.07) is 0.255. The van der Waals surface area contributed by atoms with Crippen LogP contribution < -0.4 is 5.73 Å². The van der Waals surface area contributed by atoms with E-state index >= 15 is 0 Å². The molecule has 3 atom stereocenters. The second kappa shape index (κ2) is 5.60. The number of nitrogens with zero attached hydrogens (tertiary/aromatic N) is 1. The molecule has 18 heavy (non-hydrogen) atoms. The van der Waals surface area contributed by atoms with Gasteiger partial charge in [0.1, 0.15) is 0 Å². The molecular weight excluding hydrogens is 224 g/mol. The zero-order chi connectivity index (χ0) is 13.2. The van der Waals surface area contributed by atoms with Gasteiger partial charge in [0, 0.05) is 25.0 Å². The first-order valence-electron chi connectivity index (χ1n) is 7.58. The third-order valence-electron chi connectivity index (χ3n) is 4.77. The minimum Gasteiger partial charge on any atom is -0.342 e. The van der Waals surface area contributed by atoms with E-state index in [1.807, 2.05) is 0 Å². The number of piperidine rings is 1. The Kier molecular flexibility index (Phi) is 4.31. The van der Waals surface area contributed by atoms with Crippen molar-refractivity contribution in [1.82, 2.24) is 4.90 Å². The van der Waals surface area contributed by atoms with Gasteiger partial charge in [-0.3, -0.25) is 4.79 Å². The highest BCUT2D eigenvalue weighted by Gasteiger charge is 2.36. The monoisotopic (exact) mass is 252 g/mol. The van der Waals surface area contributed by atoms with Gasteiger partial charge in [0.15, 0.2) is 0 Å². The lowest BCUT2D eigenvalue weighted by atomic mass is 9.78. The first-order chi connectivity index (χ1) is 8.54. The highest BCUT2D eigenvalue weighted by molar-refractivity contribution is 5.79. The Morgan fingerprint density at radius 1 is 1.44 bits per heavy atom. The van der Waals surface area contributed by atoms with E-state index in [2.05, 4.69) is 18.7 Å². The maximum atomic E-state index is 12.5. The molecule has 0 spiro atoms. The predicted molar refractivity (Wildman–Crippen MR) is 74.1 cm³/mol. The Hall–Kier alpha value is -0.570. The van der Waals surface area contributed by atoms with Crippen molar-refractivity contribution in [1.29, 1.82) is 0 Å². The quantitative estimate of drug-likeness (QED) is 0.839. The highest BCUT2D eigenvalue weighted by atomic mass is 16.2. The summed E-state index contributed by atoms with van der Waals surface area (Å²) in [5.41, 5.74) is 6.27. The smallest absolute Gasteiger partial charge is 0.225 e. The van der Waals surface area contributed by atoms with Gasteiger partial charge in [0.25, 0.3) is 0 Å². The van der Waals surface area contributed by atoms with Crippen molar-refractivity contribution in [2.75, 3.05) is 13.1 Å². The maximum Gasteiger partial charge on any atom is 0.225 e. The first kappa shape index (κ1) is 13.9. The van der Waals surface area contributed by atoms with Crippen molar-refractivity contribution >= 4 is 5.91 Å². The average Bonchev–Trinajstić information content (AvgIpc) is 2.75. The fraction of sp³-hybridized carbons (Fsp3) is 0.933. The fourth-order valence-corrected chi connectivity index (χ4v) is 3.81. The van der Waals surface area contributed by atoms with Gasteiger partial charge < -0.3 is 10.6 Å². The predicted octanol–water partition coefficient (Wildman–Crippen LogP) is 2.54. The van der Waals surface area contributed by atoms with Crippen LogP contribution in [-0.2, 0) is 4.79 Å². The largest absolute Gasteiger partial charge is 0.342 e. The number of rotatable bonds is 3. The van der Waals surface area contributed by atoms with Crippen LogP contribution in [0, 0.1) is 11.3 Å². The van der Waals surface area contributed by atoms with Gasteiger partial charge in [0.05, 0.1) is 0 Å². The molecule has 0 aromatic heterocycles. The van der Waals surface area contributed by atoms with Gasteiger partial charge in [-0.2, -0.15) is 0 Å². The third-order valence-corrected chi connectivity index (χ3v) is 4.77. The zero-order valence-corrected chi connectivity index (χ0v) is 12.0. The molecule has 2 aliphatic rings. The Morgan fingerprint density at radius 2 is 2.22 bits per heavy atom. The van der Waals surface area contributed by atoms with Gasteiger partial charge in [-0.05, 0) is 43.9 Å². The number of hydrogen-bond acceptors (Lipinski definition) is 2. The van der Waals surface area contributed by atoms with Crippen LogP contribution in [-0.4, -0.2) is 29.9 Å². The van der Waals surface area contributed by atoms with Crippen molar-refractivity contribution in [3.63, 3.8) is 0 Å². The molecule has 1 heterocycles. The molecular formula is C15H28N2O. The maximum absolute atomic E-state index is 12.5. The molecule has 3 nitrogen and oxygen atoms in total. The van der Waals surface area contributed by atoms with Crippen molar-refractivity contribution in [3.05, 3.63) is 0 Å². The fourth-order valence-electron chi connectivity index (χ4n) is 3.81. The summed E-state index contributed by atoms with van der Waals surface area (Å²) in [6.45, 7) is 6.51. The lowest BCUT2D eigenvalue weighted by Gasteiger charge is -2.41. The van der Waals surface area contributed by atoms with E-state index in [1.165, 1.54) is 25.7 Å². The molecule has 0 bridgehead atoms. The van der Waals surface area contributed by atoms with Crippen LogP contribution in [0.2, 0.25) is 0 Å². The minimum absolute atomic E-state index is 0.212. The summed E-state index contributed by atoms with van der Waals surface area (Å²) in [6.07, 6.45) is 7.82. The van der Waals surface area contributed by atoms with Crippen LogP contribution in [0.25, 0.3) is 0 Å².